The van der Waals surface area contributed by atoms with Gasteiger partial charge in [0.25, 0.3) is 0 Å². The van der Waals surface area contributed by atoms with Crippen LogP contribution in [0.5, 0.6) is 0 Å². The molecule has 3 N–H and O–H groups in total. The number of nitrogens with one attached hydrogen (secondary N) is 1. The fourth-order valence-electron chi connectivity index (χ4n) is 1.92. The van der Waals surface area contributed by atoms with Gasteiger partial charge in [-0.1, -0.05) is 0 Å². The third kappa shape index (κ3) is 4.47. The van der Waals surface area contributed by atoms with Crippen LogP contribution in [0.25, 0.3) is 0 Å². The average molecular weight is 282 g/mol. The van der Waals surface area contributed by atoms with Crippen LogP contribution in [0.4, 0.5) is 5.82 Å². The van der Waals surface area contributed by atoms with E-state index in [4.69, 9.17) is 4.74 Å². The topological polar surface area (TPSA) is 91.7 Å². The lowest BCUT2D eigenvalue weighted by Crippen LogP contribution is -2.35. The number of rotatable bonds is 7. The summed E-state index contributed by atoms with van der Waals surface area (Å²) in [7, 11) is 1.57. The molecule has 0 fully saturated rings. The highest BCUT2D eigenvalue weighted by Crippen LogP contribution is 2.20. The number of hydrogen-bond donors (Lipinski definition) is 3. The number of carboxylic acid groups (broad SMARTS) is 1. The van der Waals surface area contributed by atoms with Crippen LogP contribution in [-0.4, -0.2) is 47.0 Å². The highest BCUT2D eigenvalue weighted by molar-refractivity contribution is 5.94. The zero-order valence-corrected chi connectivity index (χ0v) is 12.4. The molecule has 1 unspecified atom stereocenters. The summed E-state index contributed by atoms with van der Waals surface area (Å²) < 4.78 is 4.93. The van der Waals surface area contributed by atoms with E-state index in [1.807, 2.05) is 0 Å². The van der Waals surface area contributed by atoms with Crippen molar-refractivity contribution in [3.8, 4) is 0 Å². The molecule has 0 spiro atoms. The van der Waals surface area contributed by atoms with Crippen molar-refractivity contribution in [2.45, 2.75) is 32.8 Å². The van der Waals surface area contributed by atoms with E-state index in [1.54, 1.807) is 33.9 Å². The van der Waals surface area contributed by atoms with Crippen LogP contribution in [0.2, 0.25) is 0 Å². The molecule has 0 bridgehead atoms. The minimum Gasteiger partial charge on any atom is -0.478 e. The first kappa shape index (κ1) is 16.4. The van der Waals surface area contributed by atoms with E-state index in [1.165, 1.54) is 0 Å². The van der Waals surface area contributed by atoms with Gasteiger partial charge in [-0.15, -0.1) is 0 Å². The van der Waals surface area contributed by atoms with Crippen molar-refractivity contribution in [2.75, 3.05) is 25.6 Å². The minimum absolute atomic E-state index is 0.137. The maximum absolute atomic E-state index is 11.3. The van der Waals surface area contributed by atoms with Gasteiger partial charge in [0.1, 0.15) is 11.4 Å². The Morgan fingerprint density at radius 1 is 1.50 bits per heavy atom. The van der Waals surface area contributed by atoms with Crippen LogP contribution in [-0.2, 0) is 4.74 Å². The molecular weight excluding hydrogens is 260 g/mol. The van der Waals surface area contributed by atoms with E-state index >= 15 is 0 Å². The molecular formula is C14H22N2O4. The van der Waals surface area contributed by atoms with Gasteiger partial charge in [0.15, 0.2) is 0 Å². The fourth-order valence-corrected chi connectivity index (χ4v) is 1.92. The second-order valence-corrected chi connectivity index (χ2v) is 5.20. The van der Waals surface area contributed by atoms with Gasteiger partial charge in [-0.25, -0.2) is 9.78 Å². The first-order valence-electron chi connectivity index (χ1n) is 6.43. The summed E-state index contributed by atoms with van der Waals surface area (Å²) in [6, 6.07) is 1.72. The molecule has 0 aliphatic heterocycles. The van der Waals surface area contributed by atoms with Gasteiger partial charge in [-0.05, 0) is 32.4 Å². The number of aromatic nitrogens is 1. The Morgan fingerprint density at radius 2 is 2.15 bits per heavy atom. The summed E-state index contributed by atoms with van der Waals surface area (Å²) in [6.07, 6.45) is 0.448. The average Bonchev–Trinajstić information content (AvgIpc) is 2.32. The number of pyridine rings is 1. The second-order valence-electron chi connectivity index (χ2n) is 5.20. The monoisotopic (exact) mass is 282 g/mol. The number of aromatic carboxylic acids is 1. The molecule has 0 saturated heterocycles. The summed E-state index contributed by atoms with van der Waals surface area (Å²) in [4.78, 5) is 15.5. The Morgan fingerprint density at radius 3 is 2.70 bits per heavy atom. The zero-order chi connectivity index (χ0) is 15.3. The number of ether oxygens (including phenoxy) is 1. The van der Waals surface area contributed by atoms with Gasteiger partial charge in [0.2, 0.25) is 0 Å². The first-order chi connectivity index (χ1) is 9.26. The normalized spacial score (nSPS) is 13.8. The van der Waals surface area contributed by atoms with E-state index in [0.717, 1.165) is 5.69 Å². The van der Waals surface area contributed by atoms with Crippen LogP contribution in [0.1, 0.15) is 35.0 Å². The largest absolute Gasteiger partial charge is 0.478 e. The van der Waals surface area contributed by atoms with Crippen LogP contribution in [0, 0.1) is 13.8 Å². The van der Waals surface area contributed by atoms with Crippen molar-refractivity contribution in [1.82, 2.24) is 4.98 Å². The zero-order valence-electron chi connectivity index (χ0n) is 12.4. The van der Waals surface area contributed by atoms with Gasteiger partial charge >= 0.3 is 5.97 Å². The van der Waals surface area contributed by atoms with E-state index < -0.39 is 11.6 Å². The maximum Gasteiger partial charge on any atom is 0.339 e. The van der Waals surface area contributed by atoms with Crippen LogP contribution >= 0.6 is 0 Å². The lowest BCUT2D eigenvalue weighted by Gasteiger charge is -2.24. The Kier molecular flexibility index (Phi) is 5.47. The Hall–Kier alpha value is -1.66. The number of carbonyl (C=O) groups is 1. The lowest BCUT2D eigenvalue weighted by molar-refractivity contribution is 0.0356. The van der Waals surface area contributed by atoms with Crippen LogP contribution in [0.15, 0.2) is 6.07 Å². The van der Waals surface area contributed by atoms with Crippen molar-refractivity contribution >= 4 is 11.8 Å². The highest BCUT2D eigenvalue weighted by atomic mass is 16.5. The standard InChI is InChI=1S/C14H22N2O4/c1-9-7-10(2)16-12(11(9)13(17)18)15-8-14(3,19)5-6-20-4/h7,19H,5-6,8H2,1-4H3,(H,15,16)(H,17,18). The van der Waals surface area contributed by atoms with E-state index in [0.29, 0.717) is 18.6 Å². The molecule has 112 valence electrons. The van der Waals surface area contributed by atoms with E-state index in [-0.39, 0.29) is 17.9 Å². The number of nitrogens with zero attached hydrogens (tertiary/aromatic N) is 1. The molecule has 0 amide bonds. The molecule has 0 saturated carbocycles. The summed E-state index contributed by atoms with van der Waals surface area (Å²) in [5.41, 5.74) is 0.513. The molecule has 1 atom stereocenters. The molecule has 6 nitrogen and oxygen atoms in total. The number of carboxylic acids is 1. The number of methoxy groups -OCH3 is 1. The quantitative estimate of drug-likeness (QED) is 0.703. The summed E-state index contributed by atoms with van der Waals surface area (Å²) in [5.74, 6) is -0.748. The fraction of sp³-hybridized carbons (Fsp3) is 0.571. The molecule has 20 heavy (non-hydrogen) atoms. The first-order valence-corrected chi connectivity index (χ1v) is 6.43. The van der Waals surface area contributed by atoms with Gasteiger partial charge in [0, 0.05) is 32.4 Å². The minimum atomic E-state index is -1.03. The summed E-state index contributed by atoms with van der Waals surface area (Å²) in [6.45, 7) is 5.83. The van der Waals surface area contributed by atoms with Crippen molar-refractivity contribution < 1.29 is 19.7 Å². The van der Waals surface area contributed by atoms with Crippen molar-refractivity contribution in [1.29, 1.82) is 0 Å². The molecule has 0 aromatic carbocycles. The van der Waals surface area contributed by atoms with Gasteiger partial charge in [-0.2, -0.15) is 0 Å². The smallest absolute Gasteiger partial charge is 0.339 e. The summed E-state index contributed by atoms with van der Waals surface area (Å²) >= 11 is 0. The number of hydrogen-bond acceptors (Lipinski definition) is 5. The van der Waals surface area contributed by atoms with Crippen LogP contribution in [0.3, 0.4) is 0 Å². The Bertz CT molecular complexity index is 486. The molecule has 0 radical (unpaired) electrons. The van der Waals surface area contributed by atoms with Gasteiger partial charge in [0.05, 0.1) is 5.60 Å². The lowest BCUT2D eigenvalue weighted by atomic mass is 10.0. The predicted molar refractivity (Wildman–Crippen MR) is 76.3 cm³/mol. The number of aryl methyl sites for hydroxylation is 2. The van der Waals surface area contributed by atoms with Crippen molar-refractivity contribution in [3.63, 3.8) is 0 Å². The molecule has 0 aliphatic rings. The SMILES string of the molecule is COCCC(C)(O)CNc1nc(C)cc(C)c1C(=O)O. The van der Waals surface area contributed by atoms with Gasteiger partial charge < -0.3 is 20.3 Å². The molecule has 1 aromatic heterocycles. The Labute approximate surface area is 118 Å². The predicted octanol–water partition coefficient (Wildman–Crippen LogP) is 1.60. The van der Waals surface area contributed by atoms with E-state index in [9.17, 15) is 15.0 Å². The molecule has 0 aliphatic carbocycles. The van der Waals surface area contributed by atoms with Crippen molar-refractivity contribution in [2.24, 2.45) is 0 Å². The number of anilines is 1. The van der Waals surface area contributed by atoms with Crippen LogP contribution < -0.4 is 5.32 Å². The third-order valence-electron chi connectivity index (χ3n) is 3.04. The summed E-state index contributed by atoms with van der Waals surface area (Å²) in [5, 5.41) is 22.3. The van der Waals surface area contributed by atoms with E-state index in [2.05, 4.69) is 10.3 Å². The maximum atomic E-state index is 11.3. The Balaban J connectivity index is 2.89. The highest BCUT2D eigenvalue weighted by Gasteiger charge is 2.22. The van der Waals surface area contributed by atoms with Crippen molar-refractivity contribution in [3.05, 3.63) is 22.9 Å². The third-order valence-corrected chi connectivity index (χ3v) is 3.04. The van der Waals surface area contributed by atoms with Gasteiger partial charge in [-0.3, -0.25) is 0 Å². The molecule has 1 aromatic rings. The number of aliphatic hydroxyl groups is 1. The molecule has 6 heteroatoms. The molecule has 1 heterocycles. The second kappa shape index (κ2) is 6.67. The molecule has 1 rings (SSSR count).